The molecule has 184 valence electrons. The predicted octanol–water partition coefficient (Wildman–Crippen LogP) is 3.08. The van der Waals surface area contributed by atoms with Gasteiger partial charge in [-0.15, -0.1) is 0 Å². The molecule has 0 aromatic heterocycles. The fraction of sp³-hybridized carbons (Fsp3) is 0.440. The summed E-state index contributed by atoms with van der Waals surface area (Å²) >= 11 is 0. The molecule has 3 rings (SSSR count). The lowest BCUT2D eigenvalue weighted by Gasteiger charge is -2.27. The number of hydrogen-bond acceptors (Lipinski definition) is 6. The van der Waals surface area contributed by atoms with E-state index < -0.39 is 27.9 Å². The minimum Gasteiger partial charge on any atom is -0.463 e. The lowest BCUT2D eigenvalue weighted by atomic mass is 10.0. The third-order valence-electron chi connectivity index (χ3n) is 5.54. The van der Waals surface area contributed by atoms with Crippen LogP contribution in [-0.2, 0) is 30.7 Å². The molecule has 2 aromatic rings. The first-order valence-electron chi connectivity index (χ1n) is 11.5. The third-order valence-corrected chi connectivity index (χ3v) is 7.52. The number of nitrogens with zero attached hydrogens (tertiary/aromatic N) is 1. The van der Waals surface area contributed by atoms with E-state index in [0.717, 1.165) is 5.56 Å². The summed E-state index contributed by atoms with van der Waals surface area (Å²) in [6.45, 7) is 6.63. The van der Waals surface area contributed by atoms with Crippen molar-refractivity contribution in [3.05, 3.63) is 65.2 Å². The van der Waals surface area contributed by atoms with E-state index in [1.165, 1.54) is 10.4 Å². The standard InChI is InChI=1S/C25H32N2O6S/c1-4-19-10-11-21(16-23(19)34(30,31)27-12-14-32-15-13-27)25(29)26-22(17-24(28)33-18(2)3)20-8-6-5-7-9-20/h5-11,16,18,22H,4,12-15,17H2,1-3H3,(H,26,29). The molecule has 1 amide bonds. The molecule has 1 atom stereocenters. The predicted molar refractivity (Wildman–Crippen MR) is 128 cm³/mol. The topological polar surface area (TPSA) is 102 Å². The van der Waals surface area contributed by atoms with Crippen LogP contribution in [0.4, 0.5) is 0 Å². The van der Waals surface area contributed by atoms with E-state index in [1.807, 2.05) is 37.3 Å². The van der Waals surface area contributed by atoms with Gasteiger partial charge in [-0.25, -0.2) is 8.42 Å². The van der Waals surface area contributed by atoms with Crippen LogP contribution in [0.3, 0.4) is 0 Å². The molecule has 2 aromatic carbocycles. The number of sulfonamides is 1. The lowest BCUT2D eigenvalue weighted by molar-refractivity contribution is -0.147. The highest BCUT2D eigenvalue weighted by Gasteiger charge is 2.29. The van der Waals surface area contributed by atoms with Crippen LogP contribution in [0.15, 0.2) is 53.4 Å². The second-order valence-electron chi connectivity index (χ2n) is 8.37. The second-order valence-corrected chi connectivity index (χ2v) is 10.3. The highest BCUT2D eigenvalue weighted by Crippen LogP contribution is 2.25. The molecule has 1 fully saturated rings. The van der Waals surface area contributed by atoms with Crippen molar-refractivity contribution in [1.29, 1.82) is 0 Å². The van der Waals surface area contributed by atoms with Gasteiger partial charge in [0, 0.05) is 18.7 Å². The molecule has 1 aliphatic rings. The molecule has 0 spiro atoms. The molecule has 0 radical (unpaired) electrons. The number of carbonyl (C=O) groups excluding carboxylic acids is 2. The summed E-state index contributed by atoms with van der Waals surface area (Å²) in [4.78, 5) is 25.7. The van der Waals surface area contributed by atoms with E-state index in [1.54, 1.807) is 26.0 Å². The van der Waals surface area contributed by atoms with Crippen molar-refractivity contribution >= 4 is 21.9 Å². The zero-order chi connectivity index (χ0) is 24.7. The van der Waals surface area contributed by atoms with Crippen molar-refractivity contribution in [2.45, 2.75) is 50.7 Å². The third kappa shape index (κ3) is 6.43. The van der Waals surface area contributed by atoms with Gasteiger partial charge in [0.2, 0.25) is 10.0 Å². The Morgan fingerprint density at radius 2 is 1.76 bits per heavy atom. The Bertz CT molecular complexity index is 1100. The molecule has 0 bridgehead atoms. The summed E-state index contributed by atoms with van der Waals surface area (Å²) in [6.07, 6.45) is 0.197. The minimum absolute atomic E-state index is 0.0418. The Morgan fingerprint density at radius 3 is 2.38 bits per heavy atom. The second kappa shape index (κ2) is 11.6. The quantitative estimate of drug-likeness (QED) is 0.545. The first kappa shape index (κ1) is 25.9. The van der Waals surface area contributed by atoms with Gasteiger partial charge in [0.1, 0.15) is 0 Å². The van der Waals surface area contributed by atoms with Gasteiger partial charge in [-0.1, -0.05) is 43.3 Å². The molecule has 1 aliphatic heterocycles. The van der Waals surface area contributed by atoms with Gasteiger partial charge in [-0.2, -0.15) is 4.31 Å². The molecule has 8 nitrogen and oxygen atoms in total. The maximum absolute atomic E-state index is 13.3. The van der Waals surface area contributed by atoms with Crippen molar-refractivity contribution in [3.63, 3.8) is 0 Å². The minimum atomic E-state index is -3.77. The maximum atomic E-state index is 13.3. The smallest absolute Gasteiger partial charge is 0.308 e. The summed E-state index contributed by atoms with van der Waals surface area (Å²) in [5.41, 5.74) is 1.60. The van der Waals surface area contributed by atoms with E-state index in [0.29, 0.717) is 25.2 Å². The molecule has 9 heteroatoms. The number of esters is 1. The van der Waals surface area contributed by atoms with E-state index in [2.05, 4.69) is 5.32 Å². The first-order valence-corrected chi connectivity index (χ1v) is 12.9. The van der Waals surface area contributed by atoms with E-state index >= 15 is 0 Å². The molecule has 1 saturated heterocycles. The summed E-state index contributed by atoms with van der Waals surface area (Å²) in [6, 6.07) is 13.2. The summed E-state index contributed by atoms with van der Waals surface area (Å²) in [7, 11) is -3.77. The van der Waals surface area contributed by atoms with E-state index in [9.17, 15) is 18.0 Å². The number of aryl methyl sites for hydroxylation is 1. The van der Waals surface area contributed by atoms with Gasteiger partial charge in [-0.05, 0) is 43.5 Å². The lowest BCUT2D eigenvalue weighted by Crippen LogP contribution is -2.41. The Balaban J connectivity index is 1.88. The molecule has 1 unspecified atom stereocenters. The average molecular weight is 489 g/mol. The van der Waals surface area contributed by atoms with E-state index in [-0.39, 0.29) is 36.1 Å². The summed E-state index contributed by atoms with van der Waals surface area (Å²) in [5.74, 6) is -0.895. The summed E-state index contributed by atoms with van der Waals surface area (Å²) in [5, 5.41) is 2.88. The number of morpholine rings is 1. The van der Waals surface area contributed by atoms with Gasteiger partial charge in [0.05, 0.1) is 36.7 Å². The number of ether oxygens (including phenoxy) is 2. The molecule has 0 aliphatic carbocycles. The molecule has 34 heavy (non-hydrogen) atoms. The number of amides is 1. The Morgan fingerprint density at radius 1 is 1.09 bits per heavy atom. The van der Waals surface area contributed by atoms with Crippen molar-refractivity contribution in [2.24, 2.45) is 0 Å². The van der Waals surface area contributed by atoms with Gasteiger partial charge in [-0.3, -0.25) is 9.59 Å². The Kier molecular flexibility index (Phi) is 8.82. The molecular formula is C25H32N2O6S. The number of benzene rings is 2. The highest BCUT2D eigenvalue weighted by atomic mass is 32.2. The fourth-order valence-corrected chi connectivity index (χ4v) is 5.54. The number of rotatable bonds is 9. The maximum Gasteiger partial charge on any atom is 0.308 e. The average Bonchev–Trinajstić information content (AvgIpc) is 2.83. The van der Waals surface area contributed by atoms with Gasteiger partial charge in [0.15, 0.2) is 0 Å². The van der Waals surface area contributed by atoms with E-state index in [4.69, 9.17) is 9.47 Å². The normalized spacial score (nSPS) is 15.6. The SMILES string of the molecule is CCc1ccc(C(=O)NC(CC(=O)OC(C)C)c2ccccc2)cc1S(=O)(=O)N1CCOCC1. The Hall–Kier alpha value is -2.75. The fourth-order valence-electron chi connectivity index (χ4n) is 3.81. The van der Waals surface area contributed by atoms with Crippen molar-refractivity contribution in [3.8, 4) is 0 Å². The zero-order valence-electron chi connectivity index (χ0n) is 19.8. The molecule has 0 saturated carbocycles. The summed E-state index contributed by atoms with van der Waals surface area (Å²) < 4.78 is 38.6. The zero-order valence-corrected chi connectivity index (χ0v) is 20.6. The van der Waals surface area contributed by atoms with Crippen molar-refractivity contribution in [2.75, 3.05) is 26.3 Å². The number of nitrogens with one attached hydrogen (secondary N) is 1. The van der Waals surface area contributed by atoms with Crippen molar-refractivity contribution in [1.82, 2.24) is 9.62 Å². The van der Waals surface area contributed by atoms with Crippen LogP contribution in [-0.4, -0.2) is 57.0 Å². The monoisotopic (exact) mass is 488 g/mol. The van der Waals surface area contributed by atoms with Crippen LogP contribution in [0.1, 0.15) is 54.7 Å². The van der Waals surface area contributed by atoms with Gasteiger partial charge in [0.25, 0.3) is 5.91 Å². The van der Waals surface area contributed by atoms with Gasteiger partial charge >= 0.3 is 5.97 Å². The van der Waals surface area contributed by atoms with Crippen LogP contribution in [0, 0.1) is 0 Å². The number of hydrogen-bond donors (Lipinski definition) is 1. The number of carbonyl (C=O) groups is 2. The molecular weight excluding hydrogens is 456 g/mol. The highest BCUT2D eigenvalue weighted by molar-refractivity contribution is 7.89. The van der Waals surface area contributed by atoms with Crippen LogP contribution < -0.4 is 5.32 Å². The van der Waals surface area contributed by atoms with Crippen LogP contribution in [0.5, 0.6) is 0 Å². The first-order chi connectivity index (χ1) is 16.2. The Labute approximate surface area is 201 Å². The molecule has 1 N–H and O–H groups in total. The molecule has 1 heterocycles. The van der Waals surface area contributed by atoms with Crippen LogP contribution in [0.25, 0.3) is 0 Å². The largest absolute Gasteiger partial charge is 0.463 e. The van der Waals surface area contributed by atoms with Crippen molar-refractivity contribution < 1.29 is 27.5 Å². The van der Waals surface area contributed by atoms with Gasteiger partial charge < -0.3 is 14.8 Å². The van der Waals surface area contributed by atoms with Crippen LogP contribution in [0.2, 0.25) is 0 Å². The van der Waals surface area contributed by atoms with Crippen LogP contribution >= 0.6 is 0 Å².